The smallest absolute Gasteiger partial charge is 0.310 e. The van der Waals surface area contributed by atoms with E-state index in [1.54, 1.807) is 22.9 Å². The summed E-state index contributed by atoms with van der Waals surface area (Å²) < 4.78 is 42.2. The predicted molar refractivity (Wildman–Crippen MR) is 93.3 cm³/mol. The molecule has 0 radical (unpaired) electrons. The van der Waals surface area contributed by atoms with Crippen LogP contribution in [-0.2, 0) is 19.3 Å². The van der Waals surface area contributed by atoms with Crippen molar-refractivity contribution in [2.24, 2.45) is 0 Å². The van der Waals surface area contributed by atoms with Gasteiger partial charge < -0.3 is 9.13 Å². The standard InChI is InChI=1S/C17H15F3N4OS/c1-2-24-15(21-22-16(24)26)12-6-7-14(25)23(10-12)9-11-4-3-5-13(8-11)17(18,19)20/h3-8,10H,2,9H2,1H3,(H,22,26). The Hall–Kier alpha value is -2.68. The van der Waals surface area contributed by atoms with Gasteiger partial charge >= 0.3 is 6.18 Å². The molecule has 26 heavy (non-hydrogen) atoms. The maximum absolute atomic E-state index is 12.9. The van der Waals surface area contributed by atoms with Gasteiger partial charge in [0.2, 0.25) is 0 Å². The molecule has 0 atom stereocenters. The fraction of sp³-hybridized carbons (Fsp3) is 0.235. The molecule has 0 aliphatic heterocycles. The monoisotopic (exact) mass is 380 g/mol. The highest BCUT2D eigenvalue weighted by Crippen LogP contribution is 2.29. The molecule has 2 heterocycles. The number of nitrogens with one attached hydrogen (secondary N) is 1. The van der Waals surface area contributed by atoms with Crippen LogP contribution in [0.5, 0.6) is 0 Å². The molecule has 0 bridgehead atoms. The van der Waals surface area contributed by atoms with Crippen molar-refractivity contribution < 1.29 is 13.2 Å². The van der Waals surface area contributed by atoms with Gasteiger partial charge in [0.15, 0.2) is 10.6 Å². The zero-order chi connectivity index (χ0) is 18.9. The van der Waals surface area contributed by atoms with E-state index >= 15 is 0 Å². The van der Waals surface area contributed by atoms with Gasteiger partial charge in [-0.05, 0) is 42.9 Å². The molecule has 0 amide bonds. The van der Waals surface area contributed by atoms with Crippen LogP contribution < -0.4 is 5.56 Å². The van der Waals surface area contributed by atoms with Gasteiger partial charge in [-0.15, -0.1) is 0 Å². The van der Waals surface area contributed by atoms with Crippen molar-refractivity contribution in [2.45, 2.75) is 26.2 Å². The zero-order valence-electron chi connectivity index (χ0n) is 13.7. The third-order valence-electron chi connectivity index (χ3n) is 3.92. The van der Waals surface area contributed by atoms with Gasteiger partial charge in [-0.1, -0.05) is 12.1 Å². The number of aromatic amines is 1. The number of H-pyrrole nitrogens is 1. The molecule has 1 aromatic carbocycles. The highest BCUT2D eigenvalue weighted by Gasteiger charge is 2.30. The third-order valence-corrected chi connectivity index (χ3v) is 4.24. The number of alkyl halides is 3. The lowest BCUT2D eigenvalue weighted by atomic mass is 10.1. The van der Waals surface area contributed by atoms with Crippen molar-refractivity contribution in [3.05, 3.63) is 68.8 Å². The Morgan fingerprint density at radius 2 is 2.00 bits per heavy atom. The van der Waals surface area contributed by atoms with Crippen LogP contribution in [0.15, 0.2) is 47.4 Å². The molecule has 0 fully saturated rings. The second-order valence-electron chi connectivity index (χ2n) is 5.68. The summed E-state index contributed by atoms with van der Waals surface area (Å²) in [5.41, 5.74) is -0.0337. The van der Waals surface area contributed by atoms with Gasteiger partial charge in [0.25, 0.3) is 5.56 Å². The number of aromatic nitrogens is 4. The number of rotatable bonds is 4. The first-order valence-corrected chi connectivity index (χ1v) is 8.22. The van der Waals surface area contributed by atoms with Crippen LogP contribution >= 0.6 is 12.2 Å². The fourth-order valence-corrected chi connectivity index (χ4v) is 2.92. The molecule has 0 aliphatic carbocycles. The summed E-state index contributed by atoms with van der Waals surface area (Å²) in [4.78, 5) is 12.1. The molecule has 0 unspecified atom stereocenters. The summed E-state index contributed by atoms with van der Waals surface area (Å²) in [6, 6.07) is 7.90. The first kappa shape index (κ1) is 18.1. The second-order valence-corrected chi connectivity index (χ2v) is 6.07. The molecule has 0 aliphatic rings. The molecule has 2 aromatic heterocycles. The first-order chi connectivity index (χ1) is 12.3. The molecule has 0 spiro atoms. The molecule has 5 nitrogen and oxygen atoms in total. The van der Waals surface area contributed by atoms with E-state index in [2.05, 4.69) is 10.2 Å². The predicted octanol–water partition coefficient (Wildman–Crippen LogP) is 3.86. The van der Waals surface area contributed by atoms with Crippen LogP contribution in [0.4, 0.5) is 13.2 Å². The Bertz CT molecular complexity index is 1050. The van der Waals surface area contributed by atoms with Gasteiger partial charge in [0.1, 0.15) is 0 Å². The summed E-state index contributed by atoms with van der Waals surface area (Å²) in [6.45, 7) is 2.53. The minimum absolute atomic E-state index is 0.0217. The average molecular weight is 380 g/mol. The van der Waals surface area contributed by atoms with E-state index in [0.717, 1.165) is 12.1 Å². The lowest BCUT2D eigenvalue weighted by Crippen LogP contribution is -2.19. The number of benzene rings is 1. The normalized spacial score (nSPS) is 11.7. The largest absolute Gasteiger partial charge is 0.416 e. The summed E-state index contributed by atoms with van der Waals surface area (Å²) in [5.74, 6) is 0.565. The summed E-state index contributed by atoms with van der Waals surface area (Å²) in [7, 11) is 0. The molecule has 0 saturated carbocycles. The van der Waals surface area contributed by atoms with Gasteiger partial charge in [-0.3, -0.25) is 9.89 Å². The van der Waals surface area contributed by atoms with Crippen LogP contribution in [0.25, 0.3) is 11.4 Å². The lowest BCUT2D eigenvalue weighted by Gasteiger charge is -2.11. The quantitative estimate of drug-likeness (QED) is 0.700. The Balaban J connectivity index is 1.99. The molecule has 3 aromatic rings. The maximum Gasteiger partial charge on any atom is 0.416 e. The molecule has 1 N–H and O–H groups in total. The molecule has 9 heteroatoms. The van der Waals surface area contributed by atoms with Crippen LogP contribution in [-0.4, -0.2) is 19.3 Å². The van der Waals surface area contributed by atoms with Gasteiger partial charge in [-0.25, -0.2) is 0 Å². The van der Waals surface area contributed by atoms with Gasteiger partial charge in [0.05, 0.1) is 12.1 Å². The first-order valence-electron chi connectivity index (χ1n) is 7.82. The molecule has 136 valence electrons. The number of nitrogens with zero attached hydrogens (tertiary/aromatic N) is 3. The highest BCUT2D eigenvalue weighted by atomic mass is 32.1. The van der Waals surface area contributed by atoms with Crippen LogP contribution in [0.2, 0.25) is 0 Å². The second kappa shape index (κ2) is 6.91. The maximum atomic E-state index is 12.9. The van der Waals surface area contributed by atoms with Gasteiger partial charge in [-0.2, -0.15) is 18.3 Å². The minimum atomic E-state index is -4.43. The summed E-state index contributed by atoms with van der Waals surface area (Å²) in [5, 5.41) is 6.86. The highest BCUT2D eigenvalue weighted by molar-refractivity contribution is 7.71. The van der Waals surface area contributed by atoms with Crippen molar-refractivity contribution >= 4 is 12.2 Å². The minimum Gasteiger partial charge on any atom is -0.310 e. The SMILES string of the molecule is CCn1c(-c2ccc(=O)n(Cc3cccc(C(F)(F)F)c3)c2)n[nH]c1=S. The Labute approximate surface area is 151 Å². The molecule has 0 saturated heterocycles. The fourth-order valence-electron chi connectivity index (χ4n) is 2.66. The number of pyridine rings is 1. The van der Waals surface area contributed by atoms with Gasteiger partial charge in [0, 0.05) is 24.4 Å². The zero-order valence-corrected chi connectivity index (χ0v) is 14.6. The van der Waals surface area contributed by atoms with Crippen molar-refractivity contribution in [2.75, 3.05) is 0 Å². The van der Waals surface area contributed by atoms with Crippen molar-refractivity contribution in [3.8, 4) is 11.4 Å². The van der Waals surface area contributed by atoms with Crippen LogP contribution in [0.1, 0.15) is 18.1 Å². The molecular weight excluding hydrogens is 365 g/mol. The number of halogens is 3. The Kier molecular flexibility index (Phi) is 4.82. The summed E-state index contributed by atoms with van der Waals surface area (Å²) in [6.07, 6.45) is -2.86. The van der Waals surface area contributed by atoms with E-state index in [9.17, 15) is 18.0 Å². The number of hydrogen-bond donors (Lipinski definition) is 1. The van der Waals surface area contributed by atoms with E-state index in [-0.39, 0.29) is 12.1 Å². The average Bonchev–Trinajstić information content (AvgIpc) is 2.97. The van der Waals surface area contributed by atoms with E-state index in [0.29, 0.717) is 28.3 Å². The molecular formula is C17H15F3N4OS. The van der Waals surface area contributed by atoms with Crippen LogP contribution in [0.3, 0.4) is 0 Å². The van der Waals surface area contributed by atoms with E-state index in [1.807, 2.05) is 6.92 Å². The number of hydrogen-bond acceptors (Lipinski definition) is 3. The van der Waals surface area contributed by atoms with E-state index < -0.39 is 11.7 Å². The van der Waals surface area contributed by atoms with E-state index in [4.69, 9.17) is 12.2 Å². The Morgan fingerprint density at radius 3 is 2.69 bits per heavy atom. The lowest BCUT2D eigenvalue weighted by molar-refractivity contribution is -0.137. The van der Waals surface area contributed by atoms with Crippen molar-refractivity contribution in [1.29, 1.82) is 0 Å². The van der Waals surface area contributed by atoms with E-state index in [1.165, 1.54) is 16.7 Å². The molecule has 3 rings (SSSR count). The Morgan fingerprint density at radius 1 is 1.23 bits per heavy atom. The van der Waals surface area contributed by atoms with Crippen LogP contribution in [0, 0.1) is 4.77 Å². The van der Waals surface area contributed by atoms with Crippen molar-refractivity contribution in [3.63, 3.8) is 0 Å². The van der Waals surface area contributed by atoms with Crippen molar-refractivity contribution in [1.82, 2.24) is 19.3 Å². The third kappa shape index (κ3) is 3.62. The topological polar surface area (TPSA) is 55.6 Å². The summed E-state index contributed by atoms with van der Waals surface area (Å²) >= 11 is 5.15.